The number of hydrogen-bond donors (Lipinski definition) is 1. The molecule has 2 rings (SSSR count). The highest BCUT2D eigenvalue weighted by atomic mass is 16.5. The molecule has 0 spiro atoms. The Morgan fingerprint density at radius 3 is 2.16 bits per heavy atom. The predicted molar refractivity (Wildman–Crippen MR) is 100 cm³/mol. The van der Waals surface area contributed by atoms with Crippen molar-refractivity contribution in [1.82, 2.24) is 0 Å². The number of carbonyl (C=O) groups excluding carboxylic acids is 2. The zero-order valence-electron chi connectivity index (χ0n) is 15.1. The Bertz CT molecular complexity index is 734. The summed E-state index contributed by atoms with van der Waals surface area (Å²) in [7, 11) is 0. The first-order chi connectivity index (χ1) is 11.9. The summed E-state index contributed by atoms with van der Waals surface area (Å²) in [5.41, 5.74) is 3.43. The number of anilines is 2. The zero-order valence-corrected chi connectivity index (χ0v) is 15.1. The Hall–Kier alpha value is -2.82. The third-order valence-electron chi connectivity index (χ3n) is 3.89. The van der Waals surface area contributed by atoms with E-state index in [1.54, 1.807) is 24.3 Å². The fourth-order valence-electron chi connectivity index (χ4n) is 2.61. The van der Waals surface area contributed by atoms with Crippen molar-refractivity contribution in [2.24, 2.45) is 0 Å². The molecule has 2 amide bonds. The average molecular weight is 340 g/mol. The molecule has 0 aromatic heterocycles. The minimum Gasteiger partial charge on any atom is -0.494 e. The van der Waals surface area contributed by atoms with Gasteiger partial charge in [0.2, 0.25) is 11.8 Å². The number of ether oxygens (including phenoxy) is 1. The maximum absolute atomic E-state index is 12.4. The van der Waals surface area contributed by atoms with E-state index in [1.165, 1.54) is 11.8 Å². The number of hydrogen-bond acceptors (Lipinski definition) is 3. The number of rotatable bonds is 6. The third kappa shape index (κ3) is 4.83. The van der Waals surface area contributed by atoms with Crippen LogP contribution in [0, 0.1) is 13.8 Å². The second kappa shape index (κ2) is 8.33. The quantitative estimate of drug-likeness (QED) is 0.872. The molecule has 25 heavy (non-hydrogen) atoms. The molecule has 0 atom stereocenters. The van der Waals surface area contributed by atoms with E-state index in [-0.39, 0.29) is 18.4 Å². The van der Waals surface area contributed by atoms with Crippen LogP contribution in [0.1, 0.15) is 25.0 Å². The summed E-state index contributed by atoms with van der Waals surface area (Å²) in [6.45, 7) is 7.77. The fraction of sp³-hybridized carbons (Fsp3) is 0.300. The SMILES string of the molecule is CCOc1ccc(N(CC(=O)Nc2c(C)cccc2C)C(C)=O)cc1. The minimum atomic E-state index is -0.235. The summed E-state index contributed by atoms with van der Waals surface area (Å²) in [5, 5.41) is 2.91. The molecule has 2 aromatic rings. The number of aryl methyl sites for hydroxylation is 2. The van der Waals surface area contributed by atoms with Gasteiger partial charge >= 0.3 is 0 Å². The second-order valence-corrected chi connectivity index (χ2v) is 5.85. The predicted octanol–water partition coefficient (Wildman–Crippen LogP) is 3.69. The molecule has 0 fully saturated rings. The lowest BCUT2D eigenvalue weighted by Crippen LogP contribution is -2.36. The monoisotopic (exact) mass is 340 g/mol. The highest BCUT2D eigenvalue weighted by Gasteiger charge is 2.17. The number of benzene rings is 2. The molecular weight excluding hydrogens is 316 g/mol. The largest absolute Gasteiger partial charge is 0.494 e. The summed E-state index contributed by atoms with van der Waals surface area (Å²) in [6.07, 6.45) is 0. The van der Waals surface area contributed by atoms with Gasteiger partial charge in [0, 0.05) is 18.3 Å². The van der Waals surface area contributed by atoms with Crippen molar-refractivity contribution in [1.29, 1.82) is 0 Å². The van der Waals surface area contributed by atoms with Crippen LogP contribution in [0.3, 0.4) is 0 Å². The molecule has 0 saturated heterocycles. The van der Waals surface area contributed by atoms with E-state index in [1.807, 2.05) is 39.0 Å². The highest BCUT2D eigenvalue weighted by Crippen LogP contribution is 2.21. The summed E-state index contributed by atoms with van der Waals surface area (Å²) < 4.78 is 5.40. The van der Waals surface area contributed by atoms with Crippen LogP contribution >= 0.6 is 0 Å². The van der Waals surface area contributed by atoms with Gasteiger partial charge in [-0.25, -0.2) is 0 Å². The van der Waals surface area contributed by atoms with Crippen LogP contribution in [0.15, 0.2) is 42.5 Å². The van der Waals surface area contributed by atoms with E-state index < -0.39 is 0 Å². The molecule has 0 aliphatic rings. The number of nitrogens with zero attached hydrogens (tertiary/aromatic N) is 1. The first kappa shape index (κ1) is 18.5. The van der Waals surface area contributed by atoms with Crippen LogP contribution < -0.4 is 15.0 Å². The second-order valence-electron chi connectivity index (χ2n) is 5.85. The van der Waals surface area contributed by atoms with Crippen LogP contribution in [0.4, 0.5) is 11.4 Å². The zero-order chi connectivity index (χ0) is 18.4. The van der Waals surface area contributed by atoms with Gasteiger partial charge in [0.25, 0.3) is 0 Å². The standard InChI is InChI=1S/C20H24N2O3/c1-5-25-18-11-9-17(10-12-18)22(16(4)23)13-19(24)21-20-14(2)7-6-8-15(20)3/h6-12H,5,13H2,1-4H3,(H,21,24). The first-order valence-electron chi connectivity index (χ1n) is 8.29. The molecule has 5 nitrogen and oxygen atoms in total. The summed E-state index contributed by atoms with van der Waals surface area (Å²) in [6, 6.07) is 13.0. The van der Waals surface area contributed by atoms with Crippen molar-refractivity contribution in [2.75, 3.05) is 23.4 Å². The van der Waals surface area contributed by atoms with Crippen LogP contribution in [0.25, 0.3) is 0 Å². The highest BCUT2D eigenvalue weighted by molar-refractivity contribution is 6.02. The van der Waals surface area contributed by atoms with Gasteiger partial charge in [-0.2, -0.15) is 0 Å². The topological polar surface area (TPSA) is 58.6 Å². The Morgan fingerprint density at radius 1 is 1.04 bits per heavy atom. The van der Waals surface area contributed by atoms with Gasteiger partial charge in [0.05, 0.1) is 6.61 Å². The molecule has 0 saturated carbocycles. The Labute approximate surface area is 148 Å². The number of nitrogens with one attached hydrogen (secondary N) is 1. The van der Waals surface area contributed by atoms with E-state index in [0.29, 0.717) is 12.3 Å². The van der Waals surface area contributed by atoms with E-state index in [2.05, 4.69) is 5.32 Å². The van der Waals surface area contributed by atoms with E-state index in [4.69, 9.17) is 4.74 Å². The first-order valence-corrected chi connectivity index (χ1v) is 8.29. The maximum Gasteiger partial charge on any atom is 0.244 e. The summed E-state index contributed by atoms with van der Waals surface area (Å²) in [4.78, 5) is 25.9. The molecule has 0 aliphatic carbocycles. The third-order valence-corrected chi connectivity index (χ3v) is 3.89. The van der Waals surface area contributed by atoms with Gasteiger partial charge in [0.1, 0.15) is 12.3 Å². The Kier molecular flexibility index (Phi) is 6.17. The van der Waals surface area contributed by atoms with Crippen molar-refractivity contribution in [2.45, 2.75) is 27.7 Å². The van der Waals surface area contributed by atoms with Crippen LogP contribution in [0.2, 0.25) is 0 Å². The van der Waals surface area contributed by atoms with Crippen molar-refractivity contribution in [3.05, 3.63) is 53.6 Å². The number of para-hydroxylation sites is 1. The molecule has 0 heterocycles. The van der Waals surface area contributed by atoms with Gasteiger partial charge in [-0.05, 0) is 56.2 Å². The molecule has 0 bridgehead atoms. The molecular formula is C20H24N2O3. The van der Waals surface area contributed by atoms with Gasteiger partial charge < -0.3 is 15.0 Å². The van der Waals surface area contributed by atoms with Crippen LogP contribution in [0.5, 0.6) is 5.75 Å². The molecule has 0 aliphatic heterocycles. The van der Waals surface area contributed by atoms with E-state index >= 15 is 0 Å². The normalized spacial score (nSPS) is 10.2. The van der Waals surface area contributed by atoms with Crippen molar-refractivity contribution in [3.8, 4) is 5.75 Å². The van der Waals surface area contributed by atoms with Crippen molar-refractivity contribution >= 4 is 23.2 Å². The average Bonchev–Trinajstić information content (AvgIpc) is 2.57. The number of carbonyl (C=O) groups is 2. The van der Waals surface area contributed by atoms with Gasteiger partial charge in [-0.1, -0.05) is 18.2 Å². The van der Waals surface area contributed by atoms with Crippen molar-refractivity contribution in [3.63, 3.8) is 0 Å². The molecule has 0 radical (unpaired) electrons. The lowest BCUT2D eigenvalue weighted by Gasteiger charge is -2.21. The number of amides is 2. The molecule has 2 aromatic carbocycles. The van der Waals surface area contributed by atoms with E-state index in [9.17, 15) is 9.59 Å². The van der Waals surface area contributed by atoms with Crippen LogP contribution in [-0.2, 0) is 9.59 Å². The molecule has 1 N–H and O–H groups in total. The summed E-state index contributed by atoms with van der Waals surface area (Å²) in [5.74, 6) is 0.303. The molecule has 5 heteroatoms. The lowest BCUT2D eigenvalue weighted by atomic mass is 10.1. The van der Waals surface area contributed by atoms with Crippen LogP contribution in [-0.4, -0.2) is 25.0 Å². The molecule has 132 valence electrons. The maximum atomic E-state index is 12.4. The fourth-order valence-corrected chi connectivity index (χ4v) is 2.61. The van der Waals surface area contributed by atoms with Gasteiger partial charge in [-0.3, -0.25) is 9.59 Å². The van der Waals surface area contributed by atoms with Crippen molar-refractivity contribution < 1.29 is 14.3 Å². The van der Waals surface area contributed by atoms with E-state index in [0.717, 1.165) is 22.6 Å². The van der Waals surface area contributed by atoms with Gasteiger partial charge in [0.15, 0.2) is 0 Å². The summed E-state index contributed by atoms with van der Waals surface area (Å²) >= 11 is 0. The lowest BCUT2D eigenvalue weighted by molar-refractivity contribution is -0.120. The minimum absolute atomic E-state index is 0.0446. The molecule has 0 unspecified atom stereocenters. The Balaban J connectivity index is 2.13. The Morgan fingerprint density at radius 2 is 1.64 bits per heavy atom. The smallest absolute Gasteiger partial charge is 0.244 e. The van der Waals surface area contributed by atoms with Gasteiger partial charge in [-0.15, -0.1) is 0 Å².